The molecule has 1 aliphatic heterocycles. The van der Waals surface area contributed by atoms with Crippen molar-refractivity contribution in [1.29, 1.82) is 0 Å². The molecule has 76 valence electrons. The van der Waals surface area contributed by atoms with Gasteiger partial charge >= 0.3 is 0 Å². The first-order chi connectivity index (χ1) is 6.63. The molecule has 0 radical (unpaired) electrons. The van der Waals surface area contributed by atoms with Gasteiger partial charge in [-0.3, -0.25) is 0 Å². The average Bonchev–Trinajstić information content (AvgIpc) is 2.52. The van der Waals surface area contributed by atoms with Crippen LogP contribution in [0.1, 0.15) is 12.0 Å². The summed E-state index contributed by atoms with van der Waals surface area (Å²) in [6.45, 7) is 1.13. The molecule has 2 rings (SSSR count). The third-order valence-electron chi connectivity index (χ3n) is 2.56. The zero-order valence-electron chi connectivity index (χ0n) is 7.56. The van der Waals surface area contributed by atoms with E-state index in [9.17, 15) is 9.50 Å². The van der Waals surface area contributed by atoms with E-state index in [4.69, 9.17) is 0 Å². The summed E-state index contributed by atoms with van der Waals surface area (Å²) < 4.78 is 14.2. The van der Waals surface area contributed by atoms with E-state index < -0.39 is 5.60 Å². The highest BCUT2D eigenvalue weighted by molar-refractivity contribution is 9.10. The summed E-state index contributed by atoms with van der Waals surface area (Å²) in [4.78, 5) is 0. The smallest absolute Gasteiger partial charge is 0.130 e. The summed E-state index contributed by atoms with van der Waals surface area (Å²) in [6.07, 6.45) is 0.548. The van der Waals surface area contributed by atoms with Gasteiger partial charge in [-0.15, -0.1) is 0 Å². The molecule has 1 saturated heterocycles. The first kappa shape index (κ1) is 10.1. The number of benzene rings is 1. The quantitative estimate of drug-likeness (QED) is 0.806. The second-order valence-electron chi connectivity index (χ2n) is 3.56. The van der Waals surface area contributed by atoms with E-state index in [1.807, 2.05) is 0 Å². The summed E-state index contributed by atoms with van der Waals surface area (Å²) in [6, 6.07) is 4.74. The minimum absolute atomic E-state index is 0.356. The Kier molecular flexibility index (Phi) is 2.60. The summed E-state index contributed by atoms with van der Waals surface area (Å²) in [5.74, 6) is -0.356. The van der Waals surface area contributed by atoms with Gasteiger partial charge in [0.1, 0.15) is 11.4 Å². The van der Waals surface area contributed by atoms with Gasteiger partial charge in [0.05, 0.1) is 0 Å². The fraction of sp³-hybridized carbons (Fsp3) is 0.400. The van der Waals surface area contributed by atoms with Crippen molar-refractivity contribution in [2.45, 2.75) is 12.0 Å². The summed E-state index contributed by atoms with van der Waals surface area (Å²) >= 11 is 3.26. The maximum absolute atomic E-state index is 13.5. The van der Waals surface area contributed by atoms with Gasteiger partial charge in [-0.1, -0.05) is 22.0 Å². The van der Waals surface area contributed by atoms with E-state index >= 15 is 0 Å². The summed E-state index contributed by atoms with van der Waals surface area (Å²) in [7, 11) is 0. The Morgan fingerprint density at radius 1 is 1.50 bits per heavy atom. The molecule has 0 saturated carbocycles. The molecule has 4 heteroatoms. The Balaban J connectivity index is 2.49. The van der Waals surface area contributed by atoms with E-state index in [1.54, 1.807) is 12.1 Å². The van der Waals surface area contributed by atoms with Crippen molar-refractivity contribution in [3.8, 4) is 0 Å². The minimum Gasteiger partial charge on any atom is -0.384 e. The third kappa shape index (κ3) is 1.58. The lowest BCUT2D eigenvalue weighted by atomic mass is 9.93. The topological polar surface area (TPSA) is 32.3 Å². The number of hydrogen-bond donors (Lipinski definition) is 2. The molecule has 1 atom stereocenters. The highest BCUT2D eigenvalue weighted by Crippen LogP contribution is 2.34. The number of β-amino-alcohol motifs (C(OH)–C–C–N with tert-alkyl or cyclic N) is 1. The molecule has 0 spiro atoms. The standard InChI is InChI=1S/C10H11BrFNO/c11-7-2-1-3-8(12)9(7)10(14)4-5-13-6-10/h1-3,13-14H,4-6H2. The molecular formula is C10H11BrFNO. The molecule has 2 N–H and O–H groups in total. The zero-order valence-corrected chi connectivity index (χ0v) is 9.14. The van der Waals surface area contributed by atoms with Crippen LogP contribution in [0.15, 0.2) is 22.7 Å². The van der Waals surface area contributed by atoms with Crippen molar-refractivity contribution in [3.63, 3.8) is 0 Å². The fourth-order valence-corrected chi connectivity index (χ4v) is 2.55. The van der Waals surface area contributed by atoms with Crippen LogP contribution in [0.3, 0.4) is 0 Å². The number of rotatable bonds is 1. The fourth-order valence-electron chi connectivity index (χ4n) is 1.83. The van der Waals surface area contributed by atoms with E-state index in [2.05, 4.69) is 21.2 Å². The van der Waals surface area contributed by atoms with E-state index in [0.29, 0.717) is 23.0 Å². The van der Waals surface area contributed by atoms with Gasteiger partial charge < -0.3 is 10.4 Å². The molecule has 14 heavy (non-hydrogen) atoms. The van der Waals surface area contributed by atoms with Crippen LogP contribution in [0, 0.1) is 5.82 Å². The van der Waals surface area contributed by atoms with Crippen LogP contribution in [-0.4, -0.2) is 18.2 Å². The largest absolute Gasteiger partial charge is 0.384 e. The molecular weight excluding hydrogens is 249 g/mol. The van der Waals surface area contributed by atoms with Gasteiger partial charge in [0.25, 0.3) is 0 Å². The monoisotopic (exact) mass is 259 g/mol. The lowest BCUT2D eigenvalue weighted by Gasteiger charge is -2.23. The Morgan fingerprint density at radius 3 is 2.86 bits per heavy atom. The van der Waals surface area contributed by atoms with E-state index in [1.165, 1.54) is 6.07 Å². The van der Waals surface area contributed by atoms with Gasteiger partial charge in [-0.05, 0) is 25.1 Å². The van der Waals surface area contributed by atoms with E-state index in [0.717, 1.165) is 6.54 Å². The lowest BCUT2D eigenvalue weighted by molar-refractivity contribution is 0.0541. The van der Waals surface area contributed by atoms with Gasteiger partial charge in [0, 0.05) is 16.6 Å². The maximum Gasteiger partial charge on any atom is 0.130 e. The van der Waals surface area contributed by atoms with Crippen molar-refractivity contribution < 1.29 is 9.50 Å². The van der Waals surface area contributed by atoms with Gasteiger partial charge in [0.2, 0.25) is 0 Å². The van der Waals surface area contributed by atoms with Crippen molar-refractivity contribution >= 4 is 15.9 Å². The van der Waals surface area contributed by atoms with Crippen LogP contribution in [0.5, 0.6) is 0 Å². The Morgan fingerprint density at radius 2 is 2.29 bits per heavy atom. The lowest BCUT2D eigenvalue weighted by Crippen LogP contribution is -2.30. The van der Waals surface area contributed by atoms with Crippen LogP contribution in [0.2, 0.25) is 0 Å². The molecule has 0 bridgehead atoms. The number of aliphatic hydroxyl groups is 1. The molecule has 0 amide bonds. The number of nitrogens with one attached hydrogen (secondary N) is 1. The minimum atomic E-state index is -1.07. The molecule has 1 unspecified atom stereocenters. The second-order valence-corrected chi connectivity index (χ2v) is 4.41. The number of halogens is 2. The van der Waals surface area contributed by atoms with Crippen LogP contribution in [0.25, 0.3) is 0 Å². The molecule has 2 nitrogen and oxygen atoms in total. The Hall–Kier alpha value is -0.450. The van der Waals surface area contributed by atoms with Crippen molar-refractivity contribution in [3.05, 3.63) is 34.1 Å². The molecule has 1 aromatic rings. The first-order valence-electron chi connectivity index (χ1n) is 4.51. The second kappa shape index (κ2) is 3.61. The molecule has 0 aromatic heterocycles. The molecule has 1 aromatic carbocycles. The number of hydrogen-bond acceptors (Lipinski definition) is 2. The van der Waals surface area contributed by atoms with Crippen molar-refractivity contribution in [2.24, 2.45) is 0 Å². The Labute approximate surface area is 90.3 Å². The average molecular weight is 260 g/mol. The van der Waals surface area contributed by atoms with Gasteiger partial charge in [-0.25, -0.2) is 4.39 Å². The predicted molar refractivity (Wildman–Crippen MR) is 55.5 cm³/mol. The molecule has 1 heterocycles. The third-order valence-corrected chi connectivity index (χ3v) is 3.22. The molecule has 1 fully saturated rings. The van der Waals surface area contributed by atoms with Crippen LogP contribution in [-0.2, 0) is 5.60 Å². The Bertz CT molecular complexity index is 330. The normalized spacial score (nSPS) is 26.8. The zero-order chi connectivity index (χ0) is 10.2. The van der Waals surface area contributed by atoms with E-state index in [-0.39, 0.29) is 5.82 Å². The van der Waals surface area contributed by atoms with Crippen LogP contribution >= 0.6 is 15.9 Å². The highest BCUT2D eigenvalue weighted by atomic mass is 79.9. The van der Waals surface area contributed by atoms with Crippen molar-refractivity contribution in [2.75, 3.05) is 13.1 Å². The first-order valence-corrected chi connectivity index (χ1v) is 5.30. The van der Waals surface area contributed by atoms with Gasteiger partial charge in [-0.2, -0.15) is 0 Å². The SMILES string of the molecule is OC1(c2c(F)cccc2Br)CCNC1. The van der Waals surface area contributed by atoms with Gasteiger partial charge in [0.15, 0.2) is 0 Å². The van der Waals surface area contributed by atoms with Crippen LogP contribution in [0.4, 0.5) is 4.39 Å². The highest BCUT2D eigenvalue weighted by Gasteiger charge is 2.36. The maximum atomic E-state index is 13.5. The predicted octanol–water partition coefficient (Wildman–Crippen LogP) is 1.77. The molecule has 0 aliphatic carbocycles. The molecule has 1 aliphatic rings. The van der Waals surface area contributed by atoms with Crippen molar-refractivity contribution in [1.82, 2.24) is 5.32 Å². The summed E-state index contributed by atoms with van der Waals surface area (Å²) in [5, 5.41) is 13.2. The summed E-state index contributed by atoms with van der Waals surface area (Å²) in [5.41, 5.74) is -0.700. The van der Waals surface area contributed by atoms with Crippen LogP contribution < -0.4 is 5.32 Å².